The zero-order chi connectivity index (χ0) is 41.2. The summed E-state index contributed by atoms with van der Waals surface area (Å²) in [4.78, 5) is 25.6. The van der Waals surface area contributed by atoms with Crippen LogP contribution in [0, 0.1) is 22.7 Å². The van der Waals surface area contributed by atoms with Gasteiger partial charge in [0, 0.05) is 22.4 Å². The van der Waals surface area contributed by atoms with Crippen LogP contribution in [0.25, 0.3) is 32.3 Å². The normalized spacial score (nSPS) is 19.8. The number of carbonyl (C=O) groups excluding carboxylic acids is 1. The van der Waals surface area contributed by atoms with E-state index in [1.807, 2.05) is 72.2 Å². The Morgan fingerprint density at radius 1 is 0.862 bits per heavy atom. The zero-order valence-electron chi connectivity index (χ0n) is 33.1. The molecule has 5 aromatic carbocycles. The first-order chi connectivity index (χ1) is 28.1. The van der Waals surface area contributed by atoms with Crippen LogP contribution in [0.2, 0.25) is 0 Å². The average Bonchev–Trinajstić information content (AvgIpc) is 3.62. The second-order valence-electron chi connectivity index (χ2n) is 15.4. The van der Waals surface area contributed by atoms with Gasteiger partial charge in [0.2, 0.25) is 11.4 Å². The summed E-state index contributed by atoms with van der Waals surface area (Å²) in [5.74, 6) is -0.957. The first kappa shape index (κ1) is 39.2. The molecule has 2 heterocycles. The highest BCUT2D eigenvalue weighted by molar-refractivity contribution is 6.21. The molecule has 8 heteroatoms. The maximum atomic E-state index is 12.2. The predicted octanol–water partition coefficient (Wildman–Crippen LogP) is 10.3. The minimum Gasteiger partial charge on any atom is -0.481 e. The quantitative estimate of drug-likeness (QED) is 0.0227. The zero-order valence-corrected chi connectivity index (χ0v) is 33.1. The molecule has 5 aromatic rings. The number of nitrogens with zero attached hydrogens (tertiary/aromatic N) is 4. The number of nitriles is 2. The minimum atomic E-state index is -0.957. The Balaban J connectivity index is 1.47. The van der Waals surface area contributed by atoms with E-state index in [1.165, 1.54) is 0 Å². The van der Waals surface area contributed by atoms with Crippen molar-refractivity contribution in [1.82, 2.24) is 0 Å². The highest BCUT2D eigenvalue weighted by Gasteiger charge is 2.52. The maximum Gasteiger partial charge on any atom is 0.309 e. The predicted molar refractivity (Wildman–Crippen MR) is 231 cm³/mol. The van der Waals surface area contributed by atoms with Crippen molar-refractivity contribution in [2.24, 2.45) is 0 Å². The average molecular weight is 766 g/mol. The highest BCUT2D eigenvalue weighted by atomic mass is 16.5. The van der Waals surface area contributed by atoms with Crippen LogP contribution in [0.3, 0.4) is 0 Å². The summed E-state index contributed by atoms with van der Waals surface area (Å²) in [5.41, 5.74) is 5.46. The Labute approximate surface area is 338 Å². The standard InChI is InChI=1S/C50H44N4O4/c1-6-21-49(4)42-28-35-14-8-9-15-36(35)29-43(42)53(24-25-58-32-55)47(49)33(3)26-34(30-51)27-37(31-52)48-50(5,22-7-2)45-40-18-12-10-16-38(40)39-17-11-13-19-41(39)46(45)54(48)23-20-44(56)57/h6-19,26-29,32H,1-2,20-25H2,3-5H3/p+1. The van der Waals surface area contributed by atoms with Gasteiger partial charge >= 0.3 is 5.97 Å². The van der Waals surface area contributed by atoms with Gasteiger partial charge < -0.3 is 14.7 Å². The third-order valence-corrected chi connectivity index (χ3v) is 11.8. The number of carboxylic acid groups (broad SMARTS) is 1. The second kappa shape index (κ2) is 15.8. The molecule has 2 aliphatic heterocycles. The van der Waals surface area contributed by atoms with Gasteiger partial charge in [0.05, 0.1) is 29.0 Å². The Morgan fingerprint density at radius 3 is 2.09 bits per heavy atom. The number of ether oxygens (including phenoxy) is 1. The summed E-state index contributed by atoms with van der Waals surface area (Å²) >= 11 is 0. The van der Waals surface area contributed by atoms with Gasteiger partial charge in [-0.2, -0.15) is 15.1 Å². The van der Waals surface area contributed by atoms with Gasteiger partial charge in [-0.05, 0) is 102 Å². The van der Waals surface area contributed by atoms with Crippen LogP contribution >= 0.6 is 0 Å². The Hall–Kier alpha value is -7.03. The van der Waals surface area contributed by atoms with Gasteiger partial charge in [-0.15, -0.1) is 13.2 Å². The number of hydrogen-bond donors (Lipinski definition) is 1. The van der Waals surface area contributed by atoms with Crippen LogP contribution in [0.4, 0.5) is 11.4 Å². The monoisotopic (exact) mass is 765 g/mol. The topological polar surface area (TPSA) is 117 Å². The molecule has 0 radical (unpaired) electrons. The largest absolute Gasteiger partial charge is 0.481 e. The van der Waals surface area contributed by atoms with Gasteiger partial charge in [0.1, 0.15) is 24.7 Å². The van der Waals surface area contributed by atoms with E-state index in [1.54, 1.807) is 6.08 Å². The van der Waals surface area contributed by atoms with Crippen molar-refractivity contribution in [3.8, 4) is 12.1 Å². The fourth-order valence-corrected chi connectivity index (χ4v) is 9.57. The number of benzene rings is 5. The van der Waals surface area contributed by atoms with E-state index >= 15 is 0 Å². The Bertz CT molecular complexity index is 2780. The van der Waals surface area contributed by atoms with E-state index in [0.717, 1.165) is 66.1 Å². The smallest absolute Gasteiger partial charge is 0.309 e. The van der Waals surface area contributed by atoms with Crippen LogP contribution in [-0.2, 0) is 25.2 Å². The molecule has 2 unspecified atom stereocenters. The number of hydrogen-bond acceptors (Lipinski definition) is 6. The first-order valence-corrected chi connectivity index (χ1v) is 19.4. The van der Waals surface area contributed by atoms with Crippen molar-refractivity contribution >= 4 is 61.8 Å². The lowest BCUT2D eigenvalue weighted by Gasteiger charge is -2.31. The number of carbonyl (C=O) groups is 2. The molecule has 0 amide bonds. The summed E-state index contributed by atoms with van der Waals surface area (Å²) in [5, 5.41) is 38.1. The molecule has 0 saturated carbocycles. The van der Waals surface area contributed by atoms with Crippen molar-refractivity contribution in [2.75, 3.05) is 24.6 Å². The Morgan fingerprint density at radius 2 is 1.47 bits per heavy atom. The number of fused-ring (bicyclic) bond motifs is 8. The summed E-state index contributed by atoms with van der Waals surface area (Å²) < 4.78 is 7.21. The molecule has 0 bridgehead atoms. The molecule has 0 saturated heterocycles. The van der Waals surface area contributed by atoms with Gasteiger partial charge in [0.15, 0.2) is 6.54 Å². The van der Waals surface area contributed by atoms with Crippen molar-refractivity contribution in [2.45, 2.75) is 50.9 Å². The van der Waals surface area contributed by atoms with Crippen LogP contribution in [0.15, 0.2) is 145 Å². The molecule has 0 aliphatic carbocycles. The molecule has 8 nitrogen and oxygen atoms in total. The van der Waals surface area contributed by atoms with E-state index in [9.17, 15) is 25.2 Å². The molecular formula is C50H45N4O4+. The molecule has 0 spiro atoms. The lowest BCUT2D eigenvalue weighted by Crippen LogP contribution is -2.34. The van der Waals surface area contributed by atoms with E-state index in [2.05, 4.69) is 86.5 Å². The minimum absolute atomic E-state index is 0.116. The SMILES string of the molecule is C=CCC1(C)C(/C(C#N)=C/C(C#N)=C/C(C)=C2\N(CCOC=O)c3cc4ccccc4cc3C2(C)CC=C)=[N+](CCC(=O)O)c2c1c1ccccc1c1ccccc21. The molecule has 2 atom stereocenters. The summed E-state index contributed by atoms with van der Waals surface area (Å²) in [6, 6.07) is 33.6. The molecule has 58 heavy (non-hydrogen) atoms. The number of anilines is 1. The molecule has 288 valence electrons. The molecule has 1 N–H and O–H groups in total. The third-order valence-electron chi connectivity index (χ3n) is 11.8. The van der Waals surface area contributed by atoms with Crippen LogP contribution in [0.5, 0.6) is 0 Å². The molecule has 0 aromatic heterocycles. The van der Waals surface area contributed by atoms with E-state index in [0.29, 0.717) is 31.6 Å². The van der Waals surface area contributed by atoms with Crippen LogP contribution in [-0.4, -0.2) is 47.5 Å². The summed E-state index contributed by atoms with van der Waals surface area (Å²) in [7, 11) is 0. The van der Waals surface area contributed by atoms with Gasteiger partial charge in [-0.25, -0.2) is 0 Å². The molecule has 7 rings (SSSR count). The van der Waals surface area contributed by atoms with Crippen LogP contribution in [0.1, 0.15) is 51.2 Å². The van der Waals surface area contributed by atoms with E-state index in [4.69, 9.17) is 4.74 Å². The molecule has 0 fully saturated rings. The van der Waals surface area contributed by atoms with Crippen LogP contribution < -0.4 is 4.90 Å². The van der Waals surface area contributed by atoms with Gasteiger partial charge in [0.25, 0.3) is 6.47 Å². The van der Waals surface area contributed by atoms with Crippen molar-refractivity contribution in [3.63, 3.8) is 0 Å². The number of carboxylic acids is 1. The number of rotatable bonds is 14. The van der Waals surface area contributed by atoms with Crippen molar-refractivity contribution in [3.05, 3.63) is 156 Å². The lowest BCUT2D eigenvalue weighted by molar-refractivity contribution is -0.435. The second-order valence-corrected chi connectivity index (χ2v) is 15.4. The lowest BCUT2D eigenvalue weighted by atomic mass is 9.72. The maximum absolute atomic E-state index is 12.2. The summed E-state index contributed by atoms with van der Waals surface area (Å²) in [6.07, 6.45) is 8.07. The number of allylic oxidation sites excluding steroid dienone is 8. The number of aliphatic carboxylic acids is 1. The van der Waals surface area contributed by atoms with Gasteiger partial charge in [-0.1, -0.05) is 78.9 Å². The fraction of sp³-hybridized carbons (Fsp3) is 0.220. The van der Waals surface area contributed by atoms with Crippen molar-refractivity contribution in [1.29, 1.82) is 10.5 Å². The third kappa shape index (κ3) is 6.47. The fourth-order valence-electron chi connectivity index (χ4n) is 9.57. The highest BCUT2D eigenvalue weighted by Crippen LogP contribution is 2.54. The molecular weight excluding hydrogens is 721 g/mol. The summed E-state index contributed by atoms with van der Waals surface area (Å²) in [6.45, 7) is 15.5. The molecule has 2 aliphatic rings. The Kier molecular flexibility index (Phi) is 10.7. The van der Waals surface area contributed by atoms with Gasteiger partial charge in [-0.3, -0.25) is 9.59 Å². The van der Waals surface area contributed by atoms with Crippen molar-refractivity contribution < 1.29 is 24.0 Å². The van der Waals surface area contributed by atoms with E-state index < -0.39 is 16.8 Å². The first-order valence-electron chi connectivity index (χ1n) is 19.4. The van der Waals surface area contributed by atoms with E-state index in [-0.39, 0.29) is 30.7 Å².